The van der Waals surface area contributed by atoms with E-state index in [2.05, 4.69) is 22.5 Å². The normalized spacial score (nSPS) is 11.9. The first-order chi connectivity index (χ1) is 6.61. The summed E-state index contributed by atoms with van der Waals surface area (Å²) >= 11 is 3.27. The highest BCUT2D eigenvalue weighted by molar-refractivity contribution is 9.09. The van der Waals surface area contributed by atoms with E-state index in [4.69, 9.17) is 4.74 Å². The lowest BCUT2D eigenvalue weighted by Crippen LogP contribution is -2.07. The van der Waals surface area contributed by atoms with E-state index in [-0.39, 0.29) is 0 Å². The summed E-state index contributed by atoms with van der Waals surface area (Å²) in [4.78, 5) is 11.2. The molecule has 0 fully saturated rings. The quantitative estimate of drug-likeness (QED) is 0.471. The van der Waals surface area contributed by atoms with Gasteiger partial charge in [-0.25, -0.2) is 4.79 Å². The summed E-state index contributed by atoms with van der Waals surface area (Å²) in [5.41, 5.74) is 1.30. The molecule has 1 aromatic carbocycles. The Bertz CT molecular complexity index is 332. The van der Waals surface area contributed by atoms with Crippen LogP contribution in [0.5, 0.6) is 0 Å². The Hall–Kier alpha value is -1.09. The number of halogens is 1. The van der Waals surface area contributed by atoms with Crippen LogP contribution in [0.4, 0.5) is 0 Å². The summed E-state index contributed by atoms with van der Waals surface area (Å²) < 4.78 is 5.08. The first-order valence-corrected chi connectivity index (χ1v) is 5.08. The maximum Gasteiger partial charge on any atom is 0.334 e. The van der Waals surface area contributed by atoms with Crippen molar-refractivity contribution in [3.05, 3.63) is 48.0 Å². The Labute approximate surface area is 91.7 Å². The van der Waals surface area contributed by atoms with Crippen LogP contribution in [-0.4, -0.2) is 5.97 Å². The van der Waals surface area contributed by atoms with Crippen LogP contribution in [0.15, 0.2) is 42.5 Å². The van der Waals surface area contributed by atoms with Crippen LogP contribution in [0.2, 0.25) is 0 Å². The van der Waals surface area contributed by atoms with E-state index < -0.39 is 11.0 Å². The molecule has 0 aromatic heterocycles. The van der Waals surface area contributed by atoms with Gasteiger partial charge in [0.2, 0.25) is 0 Å². The molecular weight excluding hydrogens is 244 g/mol. The fourth-order valence-corrected chi connectivity index (χ4v) is 1.34. The zero-order chi connectivity index (χ0) is 10.6. The van der Waals surface area contributed by atoms with Crippen LogP contribution < -0.4 is 0 Å². The Kier molecular flexibility index (Phi) is 3.89. The van der Waals surface area contributed by atoms with Crippen LogP contribution in [0.3, 0.4) is 0 Å². The molecule has 0 aliphatic heterocycles. The van der Waals surface area contributed by atoms with E-state index in [1.807, 2.05) is 30.3 Å². The van der Waals surface area contributed by atoms with Crippen molar-refractivity contribution in [3.8, 4) is 0 Å². The van der Waals surface area contributed by atoms with E-state index in [1.54, 1.807) is 6.92 Å². The number of esters is 1. The lowest BCUT2D eigenvalue weighted by Gasteiger charge is -2.11. The molecule has 3 heteroatoms. The molecule has 14 heavy (non-hydrogen) atoms. The Balaban J connectivity index is 2.64. The number of ether oxygens (including phenoxy) is 1. The average Bonchev–Trinajstić information content (AvgIpc) is 2.19. The average molecular weight is 255 g/mol. The predicted octanol–water partition coefficient (Wildman–Crippen LogP) is 3.20. The summed E-state index contributed by atoms with van der Waals surface area (Å²) in [6, 6.07) is 9.44. The zero-order valence-electron chi connectivity index (χ0n) is 7.87. The van der Waals surface area contributed by atoms with Crippen molar-refractivity contribution in [1.82, 2.24) is 0 Å². The Morgan fingerprint density at radius 1 is 1.43 bits per heavy atom. The third-order valence-electron chi connectivity index (χ3n) is 1.62. The zero-order valence-corrected chi connectivity index (χ0v) is 9.45. The van der Waals surface area contributed by atoms with Crippen molar-refractivity contribution in [2.24, 2.45) is 0 Å². The maximum atomic E-state index is 11.2. The van der Waals surface area contributed by atoms with Crippen molar-refractivity contribution in [2.75, 3.05) is 0 Å². The van der Waals surface area contributed by atoms with Gasteiger partial charge >= 0.3 is 5.97 Å². The van der Waals surface area contributed by atoms with Crippen LogP contribution in [0.1, 0.15) is 17.5 Å². The van der Waals surface area contributed by atoms with Gasteiger partial charge in [-0.15, -0.1) is 0 Å². The van der Waals surface area contributed by atoms with E-state index >= 15 is 0 Å². The van der Waals surface area contributed by atoms with Gasteiger partial charge in [0.15, 0.2) is 5.01 Å². The second-order valence-electron chi connectivity index (χ2n) is 2.91. The molecule has 74 valence electrons. The van der Waals surface area contributed by atoms with E-state index in [9.17, 15) is 4.79 Å². The monoisotopic (exact) mass is 254 g/mol. The molecule has 0 saturated carbocycles. The minimum absolute atomic E-state index is 0.393. The molecule has 0 N–H and O–H groups in total. The first-order valence-electron chi connectivity index (χ1n) is 4.17. The highest BCUT2D eigenvalue weighted by Gasteiger charge is 2.12. The fourth-order valence-electron chi connectivity index (χ4n) is 0.867. The van der Waals surface area contributed by atoms with Gasteiger partial charge in [-0.05, 0) is 22.9 Å². The Morgan fingerprint density at radius 3 is 2.50 bits per heavy atom. The van der Waals surface area contributed by atoms with Crippen molar-refractivity contribution >= 4 is 21.9 Å². The molecular formula is C11H11BrO2. The predicted molar refractivity (Wildman–Crippen MR) is 59.0 cm³/mol. The van der Waals surface area contributed by atoms with E-state index in [1.165, 1.54) is 0 Å². The summed E-state index contributed by atoms with van der Waals surface area (Å²) in [5.74, 6) is -0.393. The molecule has 2 nitrogen and oxygen atoms in total. The van der Waals surface area contributed by atoms with Crippen molar-refractivity contribution in [3.63, 3.8) is 0 Å². The number of carbonyl (C=O) groups excluding carboxylic acids is 1. The number of hydrogen-bond donors (Lipinski definition) is 0. The minimum Gasteiger partial charge on any atom is -0.442 e. The first kappa shape index (κ1) is 11.0. The second-order valence-corrected chi connectivity index (χ2v) is 3.74. The standard InChI is InChI=1S/C11H11BrO2/c1-8(2)11(13)14-10(12)9-6-4-3-5-7-9/h3-7,10H,1H2,2H3. The van der Waals surface area contributed by atoms with Gasteiger partial charge in [-0.3, -0.25) is 0 Å². The minimum atomic E-state index is -0.409. The van der Waals surface area contributed by atoms with Crippen molar-refractivity contribution in [1.29, 1.82) is 0 Å². The van der Waals surface area contributed by atoms with Crippen LogP contribution in [0.25, 0.3) is 0 Å². The van der Waals surface area contributed by atoms with Gasteiger partial charge in [0.25, 0.3) is 0 Å². The third-order valence-corrected chi connectivity index (χ3v) is 2.34. The van der Waals surface area contributed by atoms with Crippen LogP contribution in [0, 0.1) is 0 Å². The van der Waals surface area contributed by atoms with Gasteiger partial charge < -0.3 is 4.74 Å². The molecule has 0 spiro atoms. The molecule has 1 unspecified atom stereocenters. The molecule has 0 amide bonds. The van der Waals surface area contributed by atoms with Gasteiger partial charge in [0.05, 0.1) is 0 Å². The van der Waals surface area contributed by atoms with Crippen molar-refractivity contribution < 1.29 is 9.53 Å². The molecule has 0 radical (unpaired) electrons. The van der Waals surface area contributed by atoms with Crippen molar-refractivity contribution in [2.45, 2.75) is 11.9 Å². The number of benzene rings is 1. The van der Waals surface area contributed by atoms with Crippen LogP contribution in [-0.2, 0) is 9.53 Å². The topological polar surface area (TPSA) is 26.3 Å². The fraction of sp³-hybridized carbons (Fsp3) is 0.182. The smallest absolute Gasteiger partial charge is 0.334 e. The third kappa shape index (κ3) is 3.00. The number of rotatable bonds is 3. The van der Waals surface area contributed by atoms with Gasteiger partial charge in [-0.1, -0.05) is 36.9 Å². The molecule has 0 saturated heterocycles. The lowest BCUT2D eigenvalue weighted by molar-refractivity contribution is -0.140. The highest BCUT2D eigenvalue weighted by Crippen LogP contribution is 2.24. The largest absolute Gasteiger partial charge is 0.442 e. The number of hydrogen-bond acceptors (Lipinski definition) is 2. The number of carbonyl (C=O) groups is 1. The van der Waals surface area contributed by atoms with Gasteiger partial charge in [-0.2, -0.15) is 0 Å². The van der Waals surface area contributed by atoms with E-state index in [0.29, 0.717) is 5.57 Å². The summed E-state index contributed by atoms with van der Waals surface area (Å²) in [6.07, 6.45) is 0. The van der Waals surface area contributed by atoms with Gasteiger partial charge in [0, 0.05) is 11.1 Å². The number of alkyl halides is 1. The Morgan fingerprint density at radius 2 is 2.00 bits per heavy atom. The molecule has 0 heterocycles. The lowest BCUT2D eigenvalue weighted by atomic mass is 10.2. The SMILES string of the molecule is C=C(C)C(=O)OC(Br)c1ccccc1. The maximum absolute atomic E-state index is 11.2. The second kappa shape index (κ2) is 4.96. The highest BCUT2D eigenvalue weighted by atomic mass is 79.9. The van der Waals surface area contributed by atoms with Gasteiger partial charge in [0.1, 0.15) is 0 Å². The van der Waals surface area contributed by atoms with E-state index in [0.717, 1.165) is 5.56 Å². The van der Waals surface area contributed by atoms with Crippen LogP contribution >= 0.6 is 15.9 Å². The molecule has 1 rings (SSSR count). The summed E-state index contributed by atoms with van der Waals surface area (Å²) in [6.45, 7) is 5.12. The molecule has 0 aliphatic carbocycles. The molecule has 1 aromatic rings. The molecule has 1 atom stereocenters. The summed E-state index contributed by atoms with van der Waals surface area (Å²) in [5, 5.41) is -0.409. The molecule has 0 aliphatic rings. The summed E-state index contributed by atoms with van der Waals surface area (Å²) in [7, 11) is 0. The molecule has 0 bridgehead atoms.